The molecule has 1 fully saturated rings. The molecule has 3 rings (SSSR count). The van der Waals surface area contributed by atoms with Gasteiger partial charge in [-0.15, -0.1) is 0 Å². The maximum absolute atomic E-state index is 13.8. The first kappa shape index (κ1) is 16.1. The number of halogens is 1. The summed E-state index contributed by atoms with van der Waals surface area (Å²) in [7, 11) is 3.15. The molecule has 0 bridgehead atoms. The second-order valence-corrected chi connectivity index (χ2v) is 5.64. The van der Waals surface area contributed by atoms with Crippen LogP contribution in [-0.2, 0) is 0 Å². The number of benzene rings is 2. The highest BCUT2D eigenvalue weighted by Gasteiger charge is 2.40. The van der Waals surface area contributed by atoms with Crippen LogP contribution in [0.25, 0.3) is 0 Å². The molecule has 24 heavy (non-hydrogen) atoms. The summed E-state index contributed by atoms with van der Waals surface area (Å²) in [6, 6.07) is 12.2. The molecule has 1 saturated carbocycles. The first-order chi connectivity index (χ1) is 11.6. The molecule has 2 aromatic rings. The summed E-state index contributed by atoms with van der Waals surface area (Å²) in [5.41, 5.74) is 7.41. The van der Waals surface area contributed by atoms with Gasteiger partial charge in [-0.25, -0.2) is 9.38 Å². The number of methoxy groups -OCH3 is 2. The van der Waals surface area contributed by atoms with Gasteiger partial charge in [0.2, 0.25) is 0 Å². The van der Waals surface area contributed by atoms with Crippen LogP contribution in [0.15, 0.2) is 47.5 Å². The van der Waals surface area contributed by atoms with Crippen LogP contribution >= 0.6 is 0 Å². The van der Waals surface area contributed by atoms with Crippen molar-refractivity contribution in [3.63, 3.8) is 0 Å². The Bertz CT molecular complexity index is 764. The van der Waals surface area contributed by atoms with E-state index in [1.54, 1.807) is 38.5 Å². The molecule has 0 spiro atoms. The second kappa shape index (κ2) is 6.78. The Balaban J connectivity index is 1.67. The number of hydrogen-bond donors (Lipinski definition) is 2. The minimum Gasteiger partial charge on any atom is -0.493 e. The summed E-state index contributed by atoms with van der Waals surface area (Å²) in [6.07, 6.45) is 0.801. The molecule has 0 amide bonds. The number of nitrogens with zero attached hydrogens (tertiary/aromatic N) is 1. The van der Waals surface area contributed by atoms with E-state index in [0.29, 0.717) is 23.0 Å². The maximum Gasteiger partial charge on any atom is 0.193 e. The van der Waals surface area contributed by atoms with Crippen LogP contribution in [0.5, 0.6) is 11.5 Å². The minimum absolute atomic E-state index is 0.00884. The molecule has 0 heterocycles. The molecule has 0 saturated heterocycles. The lowest BCUT2D eigenvalue weighted by molar-refractivity contribution is 0.355. The standard InChI is InChI=1S/C18H20FN3O2/c1-23-16-8-7-11(9-17(16)24-2)21-18(20)22-15-10-13(15)12-5-3-4-6-14(12)19/h3-9,13,15H,10H2,1-2H3,(H3,20,21,22)/t13-,15+/m0/s1. The fourth-order valence-corrected chi connectivity index (χ4v) is 2.71. The Labute approximate surface area is 140 Å². The van der Waals surface area contributed by atoms with Gasteiger partial charge in [0, 0.05) is 17.7 Å². The highest BCUT2D eigenvalue weighted by molar-refractivity contribution is 5.92. The zero-order valence-electron chi connectivity index (χ0n) is 13.6. The van der Waals surface area contributed by atoms with Crippen LogP contribution < -0.4 is 20.5 Å². The Hall–Kier alpha value is -2.76. The van der Waals surface area contributed by atoms with E-state index in [1.807, 2.05) is 12.1 Å². The molecule has 0 aromatic heterocycles. The fraction of sp³-hybridized carbons (Fsp3) is 0.278. The highest BCUT2D eigenvalue weighted by atomic mass is 19.1. The Morgan fingerprint density at radius 2 is 1.92 bits per heavy atom. The van der Waals surface area contributed by atoms with Crippen molar-refractivity contribution in [3.8, 4) is 11.5 Å². The summed E-state index contributed by atoms with van der Waals surface area (Å²) < 4.78 is 24.2. The van der Waals surface area contributed by atoms with Gasteiger partial charge >= 0.3 is 0 Å². The molecule has 0 radical (unpaired) electrons. The molecule has 6 heteroatoms. The van der Waals surface area contributed by atoms with Crippen molar-refractivity contribution in [2.24, 2.45) is 10.7 Å². The average molecular weight is 329 g/mol. The van der Waals surface area contributed by atoms with E-state index in [4.69, 9.17) is 15.2 Å². The van der Waals surface area contributed by atoms with Gasteiger partial charge < -0.3 is 20.5 Å². The third kappa shape index (κ3) is 3.42. The largest absolute Gasteiger partial charge is 0.493 e. The molecular weight excluding hydrogens is 309 g/mol. The second-order valence-electron chi connectivity index (χ2n) is 5.64. The van der Waals surface area contributed by atoms with Gasteiger partial charge in [0.05, 0.1) is 20.3 Å². The lowest BCUT2D eigenvalue weighted by Gasteiger charge is -2.11. The van der Waals surface area contributed by atoms with Crippen LogP contribution in [0, 0.1) is 5.82 Å². The van der Waals surface area contributed by atoms with Crippen molar-refractivity contribution in [1.29, 1.82) is 0 Å². The molecule has 2 aromatic carbocycles. The maximum atomic E-state index is 13.8. The molecule has 0 unspecified atom stereocenters. The fourth-order valence-electron chi connectivity index (χ4n) is 2.71. The third-order valence-electron chi connectivity index (χ3n) is 4.02. The molecule has 1 aliphatic rings. The summed E-state index contributed by atoms with van der Waals surface area (Å²) in [5, 5.41) is 3.02. The van der Waals surface area contributed by atoms with Crippen molar-refractivity contribution >= 4 is 11.6 Å². The van der Waals surface area contributed by atoms with Crippen molar-refractivity contribution in [3.05, 3.63) is 53.8 Å². The number of hydrogen-bond acceptors (Lipinski definition) is 3. The normalized spacial score (nSPS) is 19.7. The quantitative estimate of drug-likeness (QED) is 0.653. The van der Waals surface area contributed by atoms with E-state index in [2.05, 4.69) is 10.3 Å². The molecular formula is C18H20FN3O2. The number of rotatable bonds is 5. The van der Waals surface area contributed by atoms with Gasteiger partial charge in [0.15, 0.2) is 17.5 Å². The van der Waals surface area contributed by atoms with Gasteiger partial charge in [0.1, 0.15) is 5.82 Å². The number of nitrogens with two attached hydrogens (primary N) is 1. The molecule has 0 aliphatic heterocycles. The van der Waals surface area contributed by atoms with Gasteiger partial charge in [-0.3, -0.25) is 0 Å². The van der Waals surface area contributed by atoms with Crippen LogP contribution in [0.3, 0.4) is 0 Å². The van der Waals surface area contributed by atoms with Gasteiger partial charge in [-0.1, -0.05) is 18.2 Å². The molecule has 5 nitrogen and oxygen atoms in total. The summed E-state index contributed by atoms with van der Waals surface area (Å²) in [5.74, 6) is 1.45. The number of guanidine groups is 1. The highest BCUT2D eigenvalue weighted by Crippen LogP contribution is 2.44. The van der Waals surface area contributed by atoms with Gasteiger partial charge in [-0.05, 0) is 30.2 Å². The van der Waals surface area contributed by atoms with Gasteiger partial charge in [0.25, 0.3) is 0 Å². The van der Waals surface area contributed by atoms with E-state index in [0.717, 1.165) is 12.1 Å². The predicted molar refractivity (Wildman–Crippen MR) is 92.3 cm³/mol. The summed E-state index contributed by atoms with van der Waals surface area (Å²) in [6.45, 7) is 0. The molecule has 2 atom stereocenters. The van der Waals surface area contributed by atoms with E-state index < -0.39 is 0 Å². The SMILES string of the molecule is COc1ccc(NC(N)=N[C@@H]2C[C@H]2c2ccccc2F)cc1OC. The lowest BCUT2D eigenvalue weighted by atomic mass is 10.1. The smallest absolute Gasteiger partial charge is 0.193 e. The van der Waals surface area contributed by atoms with Crippen LogP contribution in [0.2, 0.25) is 0 Å². The minimum atomic E-state index is -0.188. The van der Waals surface area contributed by atoms with E-state index in [-0.39, 0.29) is 17.8 Å². The zero-order valence-corrected chi connectivity index (χ0v) is 13.6. The van der Waals surface area contributed by atoms with Crippen molar-refractivity contribution in [1.82, 2.24) is 0 Å². The van der Waals surface area contributed by atoms with Crippen LogP contribution in [0.1, 0.15) is 17.9 Å². The van der Waals surface area contributed by atoms with E-state index in [1.165, 1.54) is 6.07 Å². The number of ether oxygens (including phenoxy) is 2. The molecule has 1 aliphatic carbocycles. The Morgan fingerprint density at radius 3 is 2.62 bits per heavy atom. The van der Waals surface area contributed by atoms with Crippen molar-refractivity contribution < 1.29 is 13.9 Å². The lowest BCUT2D eigenvalue weighted by Crippen LogP contribution is -2.23. The predicted octanol–water partition coefficient (Wildman–Crippen LogP) is 3.13. The average Bonchev–Trinajstić information content (AvgIpc) is 3.33. The van der Waals surface area contributed by atoms with Crippen molar-refractivity contribution in [2.45, 2.75) is 18.4 Å². The summed E-state index contributed by atoms with van der Waals surface area (Å²) >= 11 is 0. The van der Waals surface area contributed by atoms with Gasteiger partial charge in [-0.2, -0.15) is 0 Å². The molecule has 3 N–H and O–H groups in total. The number of anilines is 1. The van der Waals surface area contributed by atoms with Crippen molar-refractivity contribution in [2.75, 3.05) is 19.5 Å². The van der Waals surface area contributed by atoms with E-state index >= 15 is 0 Å². The monoisotopic (exact) mass is 329 g/mol. The first-order valence-corrected chi connectivity index (χ1v) is 7.69. The van der Waals surface area contributed by atoms with Crippen LogP contribution in [-0.4, -0.2) is 26.2 Å². The number of aliphatic imine (C=N–C) groups is 1. The zero-order chi connectivity index (χ0) is 17.1. The Kier molecular flexibility index (Phi) is 4.55. The van der Waals surface area contributed by atoms with Crippen LogP contribution in [0.4, 0.5) is 10.1 Å². The molecule has 126 valence electrons. The topological polar surface area (TPSA) is 68.9 Å². The first-order valence-electron chi connectivity index (χ1n) is 7.69. The third-order valence-corrected chi connectivity index (χ3v) is 4.02. The summed E-state index contributed by atoms with van der Waals surface area (Å²) in [4.78, 5) is 4.43. The Morgan fingerprint density at radius 1 is 1.17 bits per heavy atom. The van der Waals surface area contributed by atoms with E-state index in [9.17, 15) is 4.39 Å². The number of nitrogens with one attached hydrogen (secondary N) is 1.